The second-order valence-electron chi connectivity index (χ2n) is 3.84. The highest BCUT2D eigenvalue weighted by Gasteiger charge is 2.19. The molecule has 0 aliphatic carbocycles. The Bertz CT molecular complexity index is 835. The number of carboxylic acid groups (broad SMARTS) is 1. The smallest absolute Gasteiger partial charge is 0.314 e. The van der Waals surface area contributed by atoms with Crippen LogP contribution in [0.15, 0.2) is 24.8 Å². The average Bonchev–Trinajstić information content (AvgIpc) is 3.04. The lowest BCUT2D eigenvalue weighted by Gasteiger charge is -2.01. The van der Waals surface area contributed by atoms with Crippen LogP contribution in [0.3, 0.4) is 0 Å². The number of carboxylic acids is 1. The van der Waals surface area contributed by atoms with Gasteiger partial charge in [-0.2, -0.15) is 10.2 Å². The molecule has 0 aliphatic rings. The van der Waals surface area contributed by atoms with Crippen LogP contribution in [0.5, 0.6) is 0 Å². The van der Waals surface area contributed by atoms with Crippen LogP contribution in [0.2, 0.25) is 0 Å². The van der Waals surface area contributed by atoms with E-state index in [1.54, 1.807) is 0 Å². The summed E-state index contributed by atoms with van der Waals surface area (Å²) >= 11 is 0. The number of aromatic carboxylic acids is 1. The number of fused-ring (bicyclic) bond motifs is 1. The average molecular weight is 273 g/mol. The van der Waals surface area contributed by atoms with Gasteiger partial charge in [0.1, 0.15) is 11.9 Å². The molecule has 0 radical (unpaired) electrons. The first-order valence-corrected chi connectivity index (χ1v) is 5.31. The monoisotopic (exact) mass is 273 g/mol. The van der Waals surface area contributed by atoms with Crippen LogP contribution in [-0.2, 0) is 0 Å². The van der Waals surface area contributed by atoms with Gasteiger partial charge in [-0.3, -0.25) is 15.2 Å². The molecule has 0 fully saturated rings. The predicted molar refractivity (Wildman–Crippen MR) is 61.6 cm³/mol. The van der Waals surface area contributed by atoms with Gasteiger partial charge in [0.05, 0.1) is 22.7 Å². The standard InChI is InChI=1S/C10H6N6O4/c17-10(18)6-2-13-15-4-5(1-11-9(6)15)8-7(16(19)20)3-12-14-8/h1-4H,(H,12,14)(H,17,18)/p-1. The fourth-order valence-electron chi connectivity index (χ4n) is 1.78. The molecule has 3 aromatic heterocycles. The van der Waals surface area contributed by atoms with Crippen molar-refractivity contribution < 1.29 is 14.8 Å². The molecule has 0 unspecified atom stereocenters. The van der Waals surface area contributed by atoms with E-state index in [0.717, 1.165) is 12.4 Å². The second kappa shape index (κ2) is 4.12. The van der Waals surface area contributed by atoms with Gasteiger partial charge < -0.3 is 9.90 Å². The van der Waals surface area contributed by atoms with Gasteiger partial charge in [0.25, 0.3) is 0 Å². The number of rotatable bonds is 3. The number of H-pyrrole nitrogens is 1. The summed E-state index contributed by atoms with van der Waals surface area (Å²) in [6, 6.07) is 0. The fourth-order valence-corrected chi connectivity index (χ4v) is 1.78. The van der Waals surface area contributed by atoms with Gasteiger partial charge in [0.15, 0.2) is 5.65 Å². The Kier molecular flexibility index (Phi) is 2.42. The first kappa shape index (κ1) is 11.8. The van der Waals surface area contributed by atoms with Gasteiger partial charge in [-0.05, 0) is 0 Å². The number of nitrogens with zero attached hydrogens (tertiary/aromatic N) is 5. The summed E-state index contributed by atoms with van der Waals surface area (Å²) in [5.41, 5.74) is 0.245. The summed E-state index contributed by atoms with van der Waals surface area (Å²) in [6.07, 6.45) is 4.89. The maximum atomic E-state index is 10.8. The van der Waals surface area contributed by atoms with E-state index in [2.05, 4.69) is 20.3 Å². The summed E-state index contributed by atoms with van der Waals surface area (Å²) in [4.78, 5) is 25.0. The van der Waals surface area contributed by atoms with Crippen LogP contribution in [0, 0.1) is 10.1 Å². The van der Waals surface area contributed by atoms with Crippen LogP contribution >= 0.6 is 0 Å². The van der Waals surface area contributed by atoms with Crippen LogP contribution < -0.4 is 5.11 Å². The van der Waals surface area contributed by atoms with Gasteiger partial charge in [-0.15, -0.1) is 0 Å². The molecule has 0 bridgehead atoms. The number of hydrogen-bond acceptors (Lipinski definition) is 7. The molecule has 0 saturated carbocycles. The van der Waals surface area contributed by atoms with E-state index in [4.69, 9.17) is 0 Å². The molecule has 100 valence electrons. The molecule has 10 nitrogen and oxygen atoms in total. The van der Waals surface area contributed by atoms with Gasteiger partial charge in [-0.1, -0.05) is 0 Å². The summed E-state index contributed by atoms with van der Waals surface area (Å²) in [7, 11) is 0. The topological polar surface area (TPSA) is 142 Å². The van der Waals surface area contributed by atoms with Gasteiger partial charge in [0.2, 0.25) is 0 Å². The summed E-state index contributed by atoms with van der Waals surface area (Å²) < 4.78 is 1.20. The number of carbonyl (C=O) groups excluding carboxylic acids is 1. The van der Waals surface area contributed by atoms with Crippen molar-refractivity contribution in [1.82, 2.24) is 24.8 Å². The number of nitro groups is 1. The molecule has 0 spiro atoms. The Labute approximate surface area is 109 Å². The minimum atomic E-state index is -1.40. The van der Waals surface area contributed by atoms with E-state index in [1.165, 1.54) is 16.9 Å². The van der Waals surface area contributed by atoms with E-state index in [-0.39, 0.29) is 22.6 Å². The van der Waals surface area contributed by atoms with Crippen molar-refractivity contribution in [1.29, 1.82) is 0 Å². The number of carbonyl (C=O) groups is 1. The van der Waals surface area contributed by atoms with E-state index in [1.807, 2.05) is 0 Å². The van der Waals surface area contributed by atoms with Gasteiger partial charge >= 0.3 is 5.69 Å². The van der Waals surface area contributed by atoms with Gasteiger partial charge in [-0.25, -0.2) is 9.50 Å². The van der Waals surface area contributed by atoms with E-state index < -0.39 is 10.9 Å². The second-order valence-corrected chi connectivity index (χ2v) is 3.84. The Morgan fingerprint density at radius 3 is 2.85 bits per heavy atom. The molecule has 20 heavy (non-hydrogen) atoms. The lowest BCUT2D eigenvalue weighted by atomic mass is 10.2. The molecule has 3 heterocycles. The van der Waals surface area contributed by atoms with E-state index in [0.29, 0.717) is 5.56 Å². The van der Waals surface area contributed by atoms with Crippen LogP contribution in [0.4, 0.5) is 5.69 Å². The zero-order chi connectivity index (χ0) is 14.3. The Morgan fingerprint density at radius 2 is 2.15 bits per heavy atom. The maximum absolute atomic E-state index is 10.8. The lowest BCUT2D eigenvalue weighted by Crippen LogP contribution is -2.22. The Morgan fingerprint density at radius 1 is 1.35 bits per heavy atom. The quantitative estimate of drug-likeness (QED) is 0.495. The SMILES string of the molecule is O=C([O-])c1cnn2cc(-c3[nH]ncc3[N+](=O)[O-])cnc12. The Balaban J connectivity index is 2.16. The van der Waals surface area contributed by atoms with E-state index >= 15 is 0 Å². The third-order valence-electron chi connectivity index (χ3n) is 2.68. The number of aromatic nitrogens is 5. The summed E-state index contributed by atoms with van der Waals surface area (Å²) in [5.74, 6) is -1.40. The molecule has 0 amide bonds. The molecule has 3 aromatic rings. The summed E-state index contributed by atoms with van der Waals surface area (Å²) in [5, 5.41) is 31.6. The number of hydrogen-bond donors (Lipinski definition) is 1. The maximum Gasteiger partial charge on any atom is 0.314 e. The van der Waals surface area contributed by atoms with Crippen molar-refractivity contribution in [2.75, 3.05) is 0 Å². The molecular weight excluding hydrogens is 268 g/mol. The largest absolute Gasteiger partial charge is 0.545 e. The van der Waals surface area contributed by atoms with Gasteiger partial charge in [0, 0.05) is 18.0 Å². The zero-order valence-electron chi connectivity index (χ0n) is 9.68. The van der Waals surface area contributed by atoms with Crippen LogP contribution in [-0.4, -0.2) is 35.7 Å². The molecule has 0 atom stereocenters. The zero-order valence-corrected chi connectivity index (χ0v) is 9.68. The van der Waals surface area contributed by atoms with Crippen molar-refractivity contribution in [3.05, 3.63) is 40.5 Å². The molecule has 3 rings (SSSR count). The molecule has 0 aromatic carbocycles. The Hall–Kier alpha value is -3.30. The number of nitrogens with one attached hydrogen (secondary N) is 1. The van der Waals surface area contributed by atoms with Crippen molar-refractivity contribution in [2.24, 2.45) is 0 Å². The van der Waals surface area contributed by atoms with Crippen LogP contribution in [0.25, 0.3) is 16.9 Å². The third kappa shape index (κ3) is 1.67. The van der Waals surface area contributed by atoms with Crippen molar-refractivity contribution >= 4 is 17.3 Å². The van der Waals surface area contributed by atoms with Crippen LogP contribution in [0.1, 0.15) is 10.4 Å². The first-order valence-electron chi connectivity index (χ1n) is 5.31. The molecular formula is C10H5N6O4-. The predicted octanol–water partition coefficient (Wildman–Crippen LogP) is -0.609. The van der Waals surface area contributed by atoms with Crippen molar-refractivity contribution in [3.63, 3.8) is 0 Å². The van der Waals surface area contributed by atoms with Crippen molar-refractivity contribution in [2.45, 2.75) is 0 Å². The summed E-state index contributed by atoms with van der Waals surface area (Å²) in [6.45, 7) is 0. The molecule has 10 heteroatoms. The van der Waals surface area contributed by atoms with Crippen molar-refractivity contribution in [3.8, 4) is 11.3 Å². The fraction of sp³-hybridized carbons (Fsp3) is 0. The normalized spacial score (nSPS) is 10.8. The minimum Gasteiger partial charge on any atom is -0.545 e. The number of aromatic amines is 1. The highest BCUT2D eigenvalue weighted by molar-refractivity contribution is 5.92. The van der Waals surface area contributed by atoms with E-state index in [9.17, 15) is 20.0 Å². The lowest BCUT2D eigenvalue weighted by molar-refractivity contribution is -0.384. The highest BCUT2D eigenvalue weighted by atomic mass is 16.6. The third-order valence-corrected chi connectivity index (χ3v) is 2.68. The minimum absolute atomic E-state index is 0.0934. The first-order chi connectivity index (χ1) is 9.58. The molecule has 0 saturated heterocycles. The molecule has 0 aliphatic heterocycles. The highest BCUT2D eigenvalue weighted by Crippen LogP contribution is 2.26. The molecule has 1 N–H and O–H groups in total.